The largest absolute Gasteiger partial charge is 0.389 e. The van der Waals surface area contributed by atoms with Gasteiger partial charge in [-0.3, -0.25) is 9.59 Å². The van der Waals surface area contributed by atoms with E-state index in [4.69, 9.17) is 0 Å². The summed E-state index contributed by atoms with van der Waals surface area (Å²) in [6, 6.07) is 3.57. The fourth-order valence-corrected chi connectivity index (χ4v) is 1.95. The summed E-state index contributed by atoms with van der Waals surface area (Å²) in [4.78, 5) is 21.1. The minimum atomic E-state index is -1.43. The van der Waals surface area contributed by atoms with Gasteiger partial charge in [0.05, 0.1) is 6.10 Å². The van der Waals surface area contributed by atoms with Crippen LogP contribution in [0.15, 0.2) is 18.2 Å². The molecule has 0 bridgehead atoms. The molecule has 18 heavy (non-hydrogen) atoms. The third-order valence-corrected chi connectivity index (χ3v) is 3.22. The highest BCUT2D eigenvalue weighted by Gasteiger charge is 2.22. The standard InChI is InChI=1S/C12H13FO4S/c1-7(15)18-6-11(16)12(17)9-3-2-8(5-14)4-10(9)13/h2-5,11-12,16-17H,6H2,1H3. The first kappa shape index (κ1) is 14.8. The molecule has 0 saturated carbocycles. The molecule has 0 amide bonds. The van der Waals surface area contributed by atoms with Gasteiger partial charge in [-0.05, 0) is 6.07 Å². The van der Waals surface area contributed by atoms with E-state index >= 15 is 0 Å². The monoisotopic (exact) mass is 272 g/mol. The molecule has 2 unspecified atom stereocenters. The van der Waals surface area contributed by atoms with E-state index in [1.807, 2.05) is 0 Å². The maximum Gasteiger partial charge on any atom is 0.185 e. The molecular weight excluding hydrogens is 259 g/mol. The Labute approximate surface area is 108 Å². The van der Waals surface area contributed by atoms with E-state index in [0.717, 1.165) is 17.8 Å². The summed E-state index contributed by atoms with van der Waals surface area (Å²) >= 11 is 0.848. The minimum Gasteiger partial charge on any atom is -0.389 e. The van der Waals surface area contributed by atoms with E-state index in [2.05, 4.69) is 0 Å². The van der Waals surface area contributed by atoms with Crippen molar-refractivity contribution in [3.8, 4) is 0 Å². The highest BCUT2D eigenvalue weighted by Crippen LogP contribution is 2.23. The Balaban J connectivity index is 2.79. The summed E-state index contributed by atoms with van der Waals surface area (Å²) in [5.41, 5.74) is 0.0494. The van der Waals surface area contributed by atoms with Gasteiger partial charge in [-0.25, -0.2) is 4.39 Å². The van der Waals surface area contributed by atoms with Gasteiger partial charge >= 0.3 is 0 Å². The van der Waals surface area contributed by atoms with Crippen LogP contribution in [0.2, 0.25) is 0 Å². The summed E-state index contributed by atoms with van der Waals surface area (Å²) in [6.07, 6.45) is -2.20. The summed E-state index contributed by atoms with van der Waals surface area (Å²) in [7, 11) is 0. The van der Waals surface area contributed by atoms with Crippen LogP contribution in [0, 0.1) is 5.82 Å². The van der Waals surface area contributed by atoms with E-state index < -0.39 is 18.0 Å². The zero-order chi connectivity index (χ0) is 13.7. The van der Waals surface area contributed by atoms with Crippen molar-refractivity contribution in [2.45, 2.75) is 19.1 Å². The van der Waals surface area contributed by atoms with Crippen LogP contribution in [0.3, 0.4) is 0 Å². The first-order valence-electron chi connectivity index (χ1n) is 5.19. The number of rotatable bonds is 5. The van der Waals surface area contributed by atoms with Crippen LogP contribution in [0.1, 0.15) is 28.9 Å². The summed E-state index contributed by atoms with van der Waals surface area (Å²) < 4.78 is 13.5. The van der Waals surface area contributed by atoms with Gasteiger partial charge in [0.15, 0.2) is 5.12 Å². The Bertz CT molecular complexity index is 450. The number of benzene rings is 1. The Morgan fingerprint density at radius 2 is 2.17 bits per heavy atom. The summed E-state index contributed by atoms with van der Waals surface area (Å²) in [5, 5.41) is 19.2. The molecule has 2 N–H and O–H groups in total. The fraction of sp³-hybridized carbons (Fsp3) is 0.333. The number of aliphatic hydroxyl groups is 2. The van der Waals surface area contributed by atoms with Crippen molar-refractivity contribution >= 4 is 23.2 Å². The lowest BCUT2D eigenvalue weighted by atomic mass is 10.0. The quantitative estimate of drug-likeness (QED) is 0.791. The first-order chi connectivity index (χ1) is 8.45. The van der Waals surface area contributed by atoms with Crippen molar-refractivity contribution in [3.05, 3.63) is 35.1 Å². The molecule has 0 spiro atoms. The smallest absolute Gasteiger partial charge is 0.185 e. The molecule has 0 aliphatic carbocycles. The van der Waals surface area contributed by atoms with Gasteiger partial charge in [0.1, 0.15) is 18.2 Å². The molecule has 98 valence electrons. The fourth-order valence-electron chi connectivity index (χ4n) is 1.36. The number of thioether (sulfide) groups is 1. The molecule has 0 fully saturated rings. The highest BCUT2D eigenvalue weighted by molar-refractivity contribution is 8.13. The predicted octanol–water partition coefficient (Wildman–Crippen LogP) is 1.31. The van der Waals surface area contributed by atoms with Crippen LogP contribution in [-0.2, 0) is 4.79 Å². The topological polar surface area (TPSA) is 74.6 Å². The van der Waals surface area contributed by atoms with E-state index in [1.54, 1.807) is 0 Å². The van der Waals surface area contributed by atoms with Crippen LogP contribution in [-0.4, -0.2) is 33.5 Å². The van der Waals surface area contributed by atoms with E-state index in [-0.39, 0.29) is 22.0 Å². The first-order valence-corrected chi connectivity index (χ1v) is 6.18. The van der Waals surface area contributed by atoms with Gasteiger partial charge < -0.3 is 10.2 Å². The molecule has 0 saturated heterocycles. The van der Waals surface area contributed by atoms with E-state index in [1.165, 1.54) is 19.1 Å². The molecule has 1 aromatic carbocycles. The van der Waals surface area contributed by atoms with Crippen molar-refractivity contribution in [2.24, 2.45) is 0 Å². The molecule has 0 heterocycles. The third kappa shape index (κ3) is 3.90. The second-order valence-corrected chi connectivity index (χ2v) is 4.91. The number of halogens is 1. The van der Waals surface area contributed by atoms with Gasteiger partial charge in [-0.15, -0.1) is 0 Å². The van der Waals surface area contributed by atoms with Gasteiger partial charge in [-0.1, -0.05) is 23.9 Å². The van der Waals surface area contributed by atoms with Crippen LogP contribution in [0.4, 0.5) is 4.39 Å². The second-order valence-electron chi connectivity index (χ2n) is 3.71. The number of aldehydes is 1. The molecular formula is C12H13FO4S. The second kappa shape index (κ2) is 6.63. The number of hydrogen-bond acceptors (Lipinski definition) is 5. The van der Waals surface area contributed by atoms with Crippen LogP contribution < -0.4 is 0 Å². The molecule has 0 radical (unpaired) electrons. The molecule has 2 atom stereocenters. The van der Waals surface area contributed by atoms with Gasteiger partial charge in [0, 0.05) is 23.8 Å². The van der Waals surface area contributed by atoms with Crippen LogP contribution in [0.25, 0.3) is 0 Å². The number of hydrogen-bond donors (Lipinski definition) is 2. The van der Waals surface area contributed by atoms with Gasteiger partial charge in [0.2, 0.25) is 0 Å². The Morgan fingerprint density at radius 3 is 2.67 bits per heavy atom. The number of carbonyl (C=O) groups excluding carboxylic acids is 2. The highest BCUT2D eigenvalue weighted by atomic mass is 32.2. The Morgan fingerprint density at radius 1 is 1.50 bits per heavy atom. The molecule has 6 heteroatoms. The zero-order valence-corrected chi connectivity index (χ0v) is 10.5. The summed E-state index contributed by atoms with van der Waals surface area (Å²) in [5.74, 6) is -0.787. The SMILES string of the molecule is CC(=O)SCC(O)C(O)c1ccc(C=O)cc1F. The number of aliphatic hydroxyl groups excluding tert-OH is 2. The average Bonchev–Trinajstić information content (AvgIpc) is 2.34. The molecule has 0 aromatic heterocycles. The third-order valence-electron chi connectivity index (χ3n) is 2.30. The van der Waals surface area contributed by atoms with Crippen LogP contribution >= 0.6 is 11.8 Å². The Hall–Kier alpha value is -1.24. The lowest BCUT2D eigenvalue weighted by Gasteiger charge is -2.18. The molecule has 1 rings (SSSR count). The van der Waals surface area contributed by atoms with Crippen molar-refractivity contribution in [2.75, 3.05) is 5.75 Å². The van der Waals surface area contributed by atoms with Crippen molar-refractivity contribution in [1.82, 2.24) is 0 Å². The van der Waals surface area contributed by atoms with Crippen molar-refractivity contribution < 1.29 is 24.2 Å². The predicted molar refractivity (Wildman–Crippen MR) is 65.9 cm³/mol. The van der Waals surface area contributed by atoms with Gasteiger partial charge in [0.25, 0.3) is 0 Å². The van der Waals surface area contributed by atoms with Crippen molar-refractivity contribution in [3.63, 3.8) is 0 Å². The minimum absolute atomic E-state index is 0.0224. The lowest BCUT2D eigenvalue weighted by molar-refractivity contribution is -0.109. The van der Waals surface area contributed by atoms with Crippen LogP contribution in [0.5, 0.6) is 0 Å². The lowest BCUT2D eigenvalue weighted by Crippen LogP contribution is -2.22. The molecule has 0 aliphatic heterocycles. The molecule has 4 nitrogen and oxygen atoms in total. The normalized spacial score (nSPS) is 14.0. The average molecular weight is 272 g/mol. The van der Waals surface area contributed by atoms with Gasteiger partial charge in [-0.2, -0.15) is 0 Å². The Kier molecular flexibility index (Phi) is 5.46. The maximum absolute atomic E-state index is 13.5. The summed E-state index contributed by atoms with van der Waals surface area (Å²) in [6.45, 7) is 1.34. The zero-order valence-electron chi connectivity index (χ0n) is 9.67. The van der Waals surface area contributed by atoms with E-state index in [0.29, 0.717) is 6.29 Å². The molecule has 0 aliphatic rings. The van der Waals surface area contributed by atoms with Crippen molar-refractivity contribution in [1.29, 1.82) is 0 Å². The van der Waals surface area contributed by atoms with E-state index in [9.17, 15) is 24.2 Å². The maximum atomic E-state index is 13.5. The number of carbonyl (C=O) groups is 2. The molecule has 1 aromatic rings.